The van der Waals surface area contributed by atoms with Gasteiger partial charge in [0.15, 0.2) is 5.78 Å². The number of ketones is 1. The lowest BCUT2D eigenvalue weighted by atomic mass is 10.1. The van der Waals surface area contributed by atoms with Crippen LogP contribution in [0.4, 0.5) is 0 Å². The number of hydrogen-bond acceptors (Lipinski definition) is 4. The molecule has 0 aliphatic carbocycles. The van der Waals surface area contributed by atoms with Crippen LogP contribution in [0.1, 0.15) is 26.4 Å². The summed E-state index contributed by atoms with van der Waals surface area (Å²) in [5.41, 5.74) is 2.72. The van der Waals surface area contributed by atoms with E-state index in [1.807, 2.05) is 37.3 Å². The van der Waals surface area contributed by atoms with Crippen molar-refractivity contribution < 1.29 is 14.3 Å². The Balaban J connectivity index is 1.75. The van der Waals surface area contributed by atoms with Gasteiger partial charge in [-0.25, -0.2) is 0 Å². The summed E-state index contributed by atoms with van der Waals surface area (Å²) in [5, 5.41) is 0.672. The van der Waals surface area contributed by atoms with Crippen LogP contribution in [0.15, 0.2) is 54.6 Å². The zero-order chi connectivity index (χ0) is 20.1. The molecule has 1 heterocycles. The van der Waals surface area contributed by atoms with Gasteiger partial charge in [-0.3, -0.25) is 4.79 Å². The topological polar surface area (TPSA) is 35.5 Å². The number of halogens is 2. The molecule has 0 spiro atoms. The lowest BCUT2D eigenvalue weighted by molar-refractivity contribution is 0.105. The maximum Gasteiger partial charge on any atom is 0.195 e. The monoisotopic (exact) mass is 432 g/mol. The average molecular weight is 433 g/mol. The average Bonchev–Trinajstić information content (AvgIpc) is 3.12. The van der Waals surface area contributed by atoms with Crippen LogP contribution in [0.3, 0.4) is 0 Å². The van der Waals surface area contributed by atoms with Crippen molar-refractivity contribution in [3.05, 3.63) is 85.5 Å². The molecule has 0 fully saturated rings. The SMILES string of the molecule is COc1ccc(/C=C/C(=O)c2ccc(Cl)s2)cc1COc1ccc(Cl)cc1C. The molecule has 0 atom stereocenters. The number of ether oxygens (including phenoxy) is 2. The van der Waals surface area contributed by atoms with Crippen molar-refractivity contribution in [2.45, 2.75) is 13.5 Å². The third-order valence-corrected chi connectivity index (χ3v) is 5.55. The van der Waals surface area contributed by atoms with Gasteiger partial charge in [0.1, 0.15) is 18.1 Å². The normalized spacial score (nSPS) is 11.0. The van der Waals surface area contributed by atoms with Crippen molar-refractivity contribution in [1.29, 1.82) is 0 Å². The highest BCUT2D eigenvalue weighted by Gasteiger charge is 2.08. The highest BCUT2D eigenvalue weighted by molar-refractivity contribution is 7.18. The first kappa shape index (κ1) is 20.5. The van der Waals surface area contributed by atoms with Crippen LogP contribution in [0.2, 0.25) is 9.36 Å². The first-order valence-electron chi connectivity index (χ1n) is 8.50. The zero-order valence-corrected chi connectivity index (χ0v) is 17.7. The molecule has 0 aliphatic rings. The van der Waals surface area contributed by atoms with Crippen LogP contribution in [-0.2, 0) is 6.61 Å². The minimum absolute atomic E-state index is 0.0812. The molecule has 3 aromatic rings. The molecule has 0 saturated heterocycles. The van der Waals surface area contributed by atoms with E-state index in [0.717, 1.165) is 28.2 Å². The molecule has 3 rings (SSSR count). The maximum absolute atomic E-state index is 12.2. The Kier molecular flexibility index (Phi) is 6.79. The minimum atomic E-state index is -0.0812. The fourth-order valence-electron chi connectivity index (χ4n) is 2.65. The highest BCUT2D eigenvalue weighted by atomic mass is 35.5. The summed E-state index contributed by atoms with van der Waals surface area (Å²) in [6.45, 7) is 2.28. The fourth-order valence-corrected chi connectivity index (χ4v) is 3.84. The van der Waals surface area contributed by atoms with Crippen molar-refractivity contribution in [2.24, 2.45) is 0 Å². The summed E-state index contributed by atoms with van der Waals surface area (Å²) in [6.07, 6.45) is 3.31. The van der Waals surface area contributed by atoms with Gasteiger partial charge in [-0.1, -0.05) is 35.3 Å². The summed E-state index contributed by atoms with van der Waals surface area (Å²) < 4.78 is 12.0. The lowest BCUT2D eigenvalue weighted by Crippen LogP contribution is -2.00. The molecular formula is C22H18Cl2O3S. The van der Waals surface area contributed by atoms with Crippen molar-refractivity contribution in [1.82, 2.24) is 0 Å². The Hall–Kier alpha value is -2.27. The molecule has 1 aromatic heterocycles. The maximum atomic E-state index is 12.2. The molecular weight excluding hydrogens is 415 g/mol. The number of methoxy groups -OCH3 is 1. The van der Waals surface area contributed by atoms with E-state index in [0.29, 0.717) is 20.8 Å². The third-order valence-electron chi connectivity index (χ3n) is 4.07. The van der Waals surface area contributed by atoms with Crippen LogP contribution >= 0.6 is 34.5 Å². The number of benzene rings is 2. The molecule has 0 unspecified atom stereocenters. The van der Waals surface area contributed by atoms with Crippen molar-refractivity contribution in [3.63, 3.8) is 0 Å². The van der Waals surface area contributed by atoms with Gasteiger partial charge >= 0.3 is 0 Å². The number of rotatable bonds is 7. The van der Waals surface area contributed by atoms with Gasteiger partial charge in [-0.05, 0) is 66.6 Å². The standard InChI is InChI=1S/C22H18Cl2O3S/c1-14-11-17(23)5-8-19(14)27-13-16-12-15(4-7-20(16)26-2)3-6-18(25)21-9-10-22(24)28-21/h3-12H,13H2,1-2H3/b6-3+. The van der Waals surface area contributed by atoms with Crippen molar-refractivity contribution in [3.8, 4) is 11.5 Å². The Morgan fingerprint density at radius 2 is 1.86 bits per heavy atom. The predicted octanol–water partition coefficient (Wildman–Crippen LogP) is 6.85. The number of allylic oxidation sites excluding steroid dienone is 1. The van der Waals surface area contributed by atoms with E-state index >= 15 is 0 Å². The molecule has 0 amide bonds. The predicted molar refractivity (Wildman–Crippen MR) is 116 cm³/mol. The van der Waals surface area contributed by atoms with E-state index in [-0.39, 0.29) is 5.78 Å². The van der Waals surface area contributed by atoms with E-state index in [9.17, 15) is 4.79 Å². The Labute approximate surface area is 178 Å². The number of hydrogen-bond donors (Lipinski definition) is 0. The molecule has 0 N–H and O–H groups in total. The van der Waals surface area contributed by atoms with Crippen LogP contribution < -0.4 is 9.47 Å². The van der Waals surface area contributed by atoms with Crippen LogP contribution in [0.5, 0.6) is 11.5 Å². The number of thiophene rings is 1. The van der Waals surface area contributed by atoms with E-state index in [2.05, 4.69) is 0 Å². The summed E-state index contributed by atoms with van der Waals surface area (Å²) in [4.78, 5) is 12.8. The van der Waals surface area contributed by atoms with Crippen molar-refractivity contribution >= 4 is 46.4 Å². The van der Waals surface area contributed by atoms with Gasteiger partial charge in [0.05, 0.1) is 16.3 Å². The highest BCUT2D eigenvalue weighted by Crippen LogP contribution is 2.26. The third kappa shape index (κ3) is 5.16. The Morgan fingerprint density at radius 1 is 1.07 bits per heavy atom. The molecule has 0 saturated carbocycles. The molecule has 144 valence electrons. The Morgan fingerprint density at radius 3 is 2.54 bits per heavy atom. The molecule has 2 aromatic carbocycles. The van der Waals surface area contributed by atoms with Crippen LogP contribution in [0, 0.1) is 6.92 Å². The second-order valence-electron chi connectivity index (χ2n) is 6.07. The van der Waals surface area contributed by atoms with Gasteiger partial charge in [-0.15, -0.1) is 11.3 Å². The molecule has 28 heavy (non-hydrogen) atoms. The zero-order valence-electron chi connectivity index (χ0n) is 15.4. The van der Waals surface area contributed by atoms with E-state index in [4.69, 9.17) is 32.7 Å². The van der Waals surface area contributed by atoms with E-state index < -0.39 is 0 Å². The van der Waals surface area contributed by atoms with Gasteiger partial charge in [0.2, 0.25) is 0 Å². The summed E-state index contributed by atoms with van der Waals surface area (Å²) in [6, 6.07) is 14.6. The van der Waals surface area contributed by atoms with Gasteiger partial charge in [0.25, 0.3) is 0 Å². The number of carbonyl (C=O) groups is 1. The fraction of sp³-hybridized carbons (Fsp3) is 0.136. The molecule has 0 bridgehead atoms. The smallest absolute Gasteiger partial charge is 0.195 e. The molecule has 6 heteroatoms. The van der Waals surface area contributed by atoms with Gasteiger partial charge in [-0.2, -0.15) is 0 Å². The first-order valence-corrected chi connectivity index (χ1v) is 10.1. The Bertz CT molecular complexity index is 1020. The summed E-state index contributed by atoms with van der Waals surface area (Å²) in [7, 11) is 1.62. The molecule has 0 radical (unpaired) electrons. The lowest BCUT2D eigenvalue weighted by Gasteiger charge is -2.13. The van der Waals surface area contributed by atoms with Gasteiger partial charge < -0.3 is 9.47 Å². The van der Waals surface area contributed by atoms with E-state index in [1.165, 1.54) is 17.4 Å². The quantitative estimate of drug-likeness (QED) is 0.302. The first-order chi connectivity index (χ1) is 13.5. The second kappa shape index (κ2) is 9.28. The van der Waals surface area contributed by atoms with Crippen LogP contribution in [0.25, 0.3) is 6.08 Å². The number of aryl methyl sites for hydroxylation is 1. The summed E-state index contributed by atoms with van der Waals surface area (Å²) in [5.74, 6) is 1.40. The summed E-state index contributed by atoms with van der Waals surface area (Å²) >= 11 is 13.1. The largest absolute Gasteiger partial charge is 0.496 e. The van der Waals surface area contributed by atoms with Crippen molar-refractivity contribution in [2.75, 3.05) is 7.11 Å². The van der Waals surface area contributed by atoms with E-state index in [1.54, 1.807) is 31.4 Å². The van der Waals surface area contributed by atoms with Crippen LogP contribution in [-0.4, -0.2) is 12.9 Å². The molecule has 3 nitrogen and oxygen atoms in total. The molecule has 0 aliphatic heterocycles. The second-order valence-corrected chi connectivity index (χ2v) is 8.22. The minimum Gasteiger partial charge on any atom is -0.496 e. The number of carbonyl (C=O) groups excluding carboxylic acids is 1. The van der Waals surface area contributed by atoms with Gasteiger partial charge in [0, 0.05) is 10.6 Å².